The molecule has 2 atom stereocenters. The molecule has 0 spiro atoms. The highest BCUT2D eigenvalue weighted by Gasteiger charge is 2.55. The van der Waals surface area contributed by atoms with Crippen molar-refractivity contribution in [2.75, 3.05) is 13.1 Å². The smallest absolute Gasteiger partial charge is 0.237 e. The number of nitrogens with one attached hydrogen (secondary N) is 2. The van der Waals surface area contributed by atoms with Crippen LogP contribution in [-0.2, 0) is 15.1 Å². The molecule has 1 aromatic carbocycles. The van der Waals surface area contributed by atoms with E-state index in [4.69, 9.17) is 0 Å². The molecular weight excluding hydrogens is 407 g/mol. The van der Waals surface area contributed by atoms with Crippen LogP contribution in [0.5, 0.6) is 0 Å². The van der Waals surface area contributed by atoms with E-state index >= 15 is 0 Å². The molecule has 1 aliphatic heterocycles. The van der Waals surface area contributed by atoms with Gasteiger partial charge in [-0.25, -0.2) is 4.39 Å². The van der Waals surface area contributed by atoms with Gasteiger partial charge in [0.25, 0.3) is 0 Å². The molecule has 2 bridgehead atoms. The maximum Gasteiger partial charge on any atom is 0.237 e. The fourth-order valence-electron chi connectivity index (χ4n) is 6.06. The number of amides is 2. The molecule has 0 radical (unpaired) electrons. The van der Waals surface area contributed by atoms with Crippen molar-refractivity contribution in [3.05, 3.63) is 35.9 Å². The normalized spacial score (nSPS) is 34.7. The summed E-state index contributed by atoms with van der Waals surface area (Å²) < 4.78 is 13.7. The maximum atomic E-state index is 13.7. The van der Waals surface area contributed by atoms with E-state index in [2.05, 4.69) is 22.8 Å². The number of hydrogen-bond donors (Lipinski definition) is 2. The van der Waals surface area contributed by atoms with Crippen LogP contribution in [0, 0.1) is 16.7 Å². The highest BCUT2D eigenvalue weighted by Crippen LogP contribution is 2.54. The molecule has 0 aromatic heterocycles. The first-order chi connectivity index (χ1) is 15.4. The van der Waals surface area contributed by atoms with Crippen LogP contribution < -0.4 is 10.6 Å². The topological polar surface area (TPSA) is 85.2 Å². The fourth-order valence-corrected chi connectivity index (χ4v) is 6.06. The van der Waals surface area contributed by atoms with Gasteiger partial charge in [-0.1, -0.05) is 30.3 Å². The zero-order chi connectivity index (χ0) is 22.4. The van der Waals surface area contributed by atoms with E-state index in [0.29, 0.717) is 0 Å². The van der Waals surface area contributed by atoms with Gasteiger partial charge in [0.1, 0.15) is 12.2 Å². The number of carbonyl (C=O) groups excluding carboxylic acids is 2. The number of rotatable bonds is 6. The Balaban J connectivity index is 1.17. The lowest BCUT2D eigenvalue weighted by Crippen LogP contribution is -2.60. The number of benzene rings is 1. The third-order valence-corrected chi connectivity index (χ3v) is 8.49. The van der Waals surface area contributed by atoms with Crippen LogP contribution in [0.4, 0.5) is 4.39 Å². The zero-order valence-corrected chi connectivity index (χ0v) is 18.4. The van der Waals surface area contributed by atoms with E-state index in [1.54, 1.807) is 0 Å². The number of carbonyl (C=O) groups is 2. The number of nitriles is 1. The molecule has 5 aliphatic rings. The van der Waals surface area contributed by atoms with Crippen LogP contribution in [-0.4, -0.2) is 47.6 Å². The molecular formula is C25H31FN4O2. The summed E-state index contributed by atoms with van der Waals surface area (Å²) >= 11 is 0. The summed E-state index contributed by atoms with van der Waals surface area (Å²) in [6, 6.07) is 11.6. The molecule has 1 heterocycles. The third-order valence-electron chi connectivity index (χ3n) is 8.49. The summed E-state index contributed by atoms with van der Waals surface area (Å²) in [5.41, 5.74) is 0.565. The number of alkyl halides is 1. The van der Waals surface area contributed by atoms with Gasteiger partial charge < -0.3 is 15.5 Å². The van der Waals surface area contributed by atoms with Crippen LogP contribution in [0.15, 0.2) is 30.3 Å². The van der Waals surface area contributed by atoms with E-state index in [9.17, 15) is 19.2 Å². The lowest BCUT2D eigenvalue weighted by atomic mass is 9.56. The lowest BCUT2D eigenvalue weighted by Gasteiger charge is -2.53. The first-order valence-corrected chi connectivity index (χ1v) is 11.9. The summed E-state index contributed by atoms with van der Waals surface area (Å²) in [5, 5.41) is 16.0. The molecule has 5 fully saturated rings. The molecule has 170 valence electrons. The van der Waals surface area contributed by atoms with Crippen molar-refractivity contribution in [1.29, 1.82) is 5.26 Å². The molecule has 6 rings (SSSR count). The van der Waals surface area contributed by atoms with E-state index in [0.717, 1.165) is 51.4 Å². The third kappa shape index (κ3) is 3.69. The van der Waals surface area contributed by atoms with Crippen LogP contribution >= 0.6 is 0 Å². The molecule has 1 saturated heterocycles. The Morgan fingerprint density at radius 3 is 2.31 bits per heavy atom. The summed E-state index contributed by atoms with van der Waals surface area (Å²) in [4.78, 5) is 27.4. The molecule has 2 N–H and O–H groups in total. The van der Waals surface area contributed by atoms with Crippen molar-refractivity contribution in [2.24, 2.45) is 5.41 Å². The predicted molar refractivity (Wildman–Crippen MR) is 117 cm³/mol. The van der Waals surface area contributed by atoms with Crippen LogP contribution in [0.3, 0.4) is 0 Å². The summed E-state index contributed by atoms with van der Waals surface area (Å²) in [6.45, 7) is 0.138. The van der Waals surface area contributed by atoms with Crippen molar-refractivity contribution in [3.8, 4) is 6.07 Å². The zero-order valence-electron chi connectivity index (χ0n) is 18.4. The average molecular weight is 439 g/mol. The SMILES string of the molecule is N#C[C@@H]1C[C@H](F)CN1C(=O)CNC12CCC(C(=O)NC3(c4ccccc4)CC3)(CC1)CC2. The Morgan fingerprint density at radius 1 is 1.06 bits per heavy atom. The second kappa shape index (κ2) is 7.84. The number of hydrogen-bond acceptors (Lipinski definition) is 4. The van der Waals surface area contributed by atoms with Crippen LogP contribution in [0.1, 0.15) is 63.4 Å². The van der Waals surface area contributed by atoms with Crippen molar-refractivity contribution < 1.29 is 14.0 Å². The second-order valence-electron chi connectivity index (χ2n) is 10.3. The van der Waals surface area contributed by atoms with Gasteiger partial charge in [0.2, 0.25) is 11.8 Å². The summed E-state index contributed by atoms with van der Waals surface area (Å²) in [7, 11) is 0. The van der Waals surface area contributed by atoms with E-state index in [1.807, 2.05) is 24.3 Å². The molecule has 2 amide bonds. The van der Waals surface area contributed by atoms with Gasteiger partial charge in [-0.3, -0.25) is 9.59 Å². The fraction of sp³-hybridized carbons (Fsp3) is 0.640. The minimum atomic E-state index is -1.11. The summed E-state index contributed by atoms with van der Waals surface area (Å²) in [6.07, 6.45) is 6.02. The number of halogens is 1. The molecule has 1 aromatic rings. The standard InChI is InChI=1S/C25H31FN4O2/c26-19-14-20(15-27)30(17-19)21(31)16-28-24-9-6-23(7-10-24,8-11-24)22(32)29-25(12-13-25)18-4-2-1-3-5-18/h1-5,19-20,28H,6-14,16-17H2,(H,29,32)/t19-,20-,23?,24?/m0/s1. The largest absolute Gasteiger partial charge is 0.346 e. The van der Waals surface area contributed by atoms with Crippen molar-refractivity contribution in [1.82, 2.24) is 15.5 Å². The van der Waals surface area contributed by atoms with Gasteiger partial charge in [-0.15, -0.1) is 0 Å². The minimum Gasteiger partial charge on any atom is -0.346 e. The maximum absolute atomic E-state index is 13.7. The van der Waals surface area contributed by atoms with Crippen molar-refractivity contribution in [3.63, 3.8) is 0 Å². The molecule has 32 heavy (non-hydrogen) atoms. The van der Waals surface area contributed by atoms with E-state index < -0.39 is 12.2 Å². The van der Waals surface area contributed by atoms with Gasteiger partial charge in [-0.2, -0.15) is 5.26 Å². The molecule has 0 unspecified atom stereocenters. The van der Waals surface area contributed by atoms with E-state index in [-0.39, 0.29) is 47.8 Å². The molecule has 4 aliphatic carbocycles. The first kappa shape index (κ1) is 21.4. The monoisotopic (exact) mass is 438 g/mol. The Labute approximate surface area is 188 Å². The van der Waals surface area contributed by atoms with Gasteiger partial charge in [0.05, 0.1) is 24.7 Å². The molecule has 6 nitrogen and oxygen atoms in total. The number of fused-ring (bicyclic) bond motifs is 3. The molecule has 7 heteroatoms. The second-order valence-corrected chi connectivity index (χ2v) is 10.3. The number of likely N-dealkylation sites (tertiary alicyclic amines) is 1. The van der Waals surface area contributed by atoms with Crippen molar-refractivity contribution in [2.45, 2.75) is 81.1 Å². The predicted octanol–water partition coefficient (Wildman–Crippen LogP) is 2.94. The van der Waals surface area contributed by atoms with Gasteiger partial charge in [0.15, 0.2) is 0 Å². The Bertz CT molecular complexity index is 914. The highest BCUT2D eigenvalue weighted by atomic mass is 19.1. The van der Waals surface area contributed by atoms with Gasteiger partial charge in [-0.05, 0) is 56.9 Å². The lowest BCUT2D eigenvalue weighted by molar-refractivity contribution is -0.140. The van der Waals surface area contributed by atoms with Gasteiger partial charge >= 0.3 is 0 Å². The van der Waals surface area contributed by atoms with E-state index in [1.165, 1.54) is 10.5 Å². The number of nitrogens with zero attached hydrogens (tertiary/aromatic N) is 2. The summed E-state index contributed by atoms with van der Waals surface area (Å²) in [5.74, 6) is -0.0177. The Morgan fingerprint density at radius 2 is 1.72 bits per heavy atom. The van der Waals surface area contributed by atoms with Crippen molar-refractivity contribution >= 4 is 11.8 Å². The minimum absolute atomic E-state index is 0.0121. The van der Waals surface area contributed by atoms with Crippen LogP contribution in [0.25, 0.3) is 0 Å². The quantitative estimate of drug-likeness (QED) is 0.715. The van der Waals surface area contributed by atoms with Gasteiger partial charge in [0, 0.05) is 17.4 Å². The highest BCUT2D eigenvalue weighted by molar-refractivity contribution is 5.84. The molecule has 4 saturated carbocycles. The first-order valence-electron chi connectivity index (χ1n) is 11.9. The van der Waals surface area contributed by atoms with Crippen LogP contribution in [0.2, 0.25) is 0 Å². The Kier molecular flexibility index (Phi) is 5.24. The average Bonchev–Trinajstić information content (AvgIpc) is 3.52. The Hall–Kier alpha value is -2.46.